The largest absolute Gasteiger partial charge is 0.351 e. The summed E-state index contributed by atoms with van der Waals surface area (Å²) in [5.41, 5.74) is 1.56. The molecule has 0 atom stereocenters. The molecular weight excluding hydrogens is 196 g/mol. The van der Waals surface area contributed by atoms with E-state index < -0.39 is 0 Å². The Bertz CT molecular complexity index is 486. The van der Waals surface area contributed by atoms with E-state index in [1.54, 1.807) is 13.1 Å². The molecule has 2 heterocycles. The van der Waals surface area contributed by atoms with Gasteiger partial charge in [0.25, 0.3) is 5.91 Å². The van der Waals surface area contributed by atoms with Gasteiger partial charge in [0.1, 0.15) is 5.82 Å². The Hall–Kier alpha value is -2.11. The minimum absolute atomic E-state index is 0.212. The number of aromatic nitrogens is 3. The summed E-state index contributed by atoms with van der Waals surface area (Å²) in [6.07, 6.45) is 3.12. The first-order valence-electron chi connectivity index (χ1n) is 4.41. The fraction of sp³-hybridized carbons (Fsp3) is 0.222. The van der Waals surface area contributed by atoms with E-state index in [4.69, 9.17) is 4.52 Å². The molecule has 0 radical (unpaired) electrons. The van der Waals surface area contributed by atoms with E-state index in [1.807, 2.05) is 6.92 Å². The maximum absolute atomic E-state index is 11.7. The van der Waals surface area contributed by atoms with Gasteiger partial charge in [-0.3, -0.25) is 9.89 Å². The molecule has 0 aromatic carbocycles. The summed E-state index contributed by atoms with van der Waals surface area (Å²) in [7, 11) is 0. The van der Waals surface area contributed by atoms with Crippen molar-refractivity contribution < 1.29 is 9.32 Å². The van der Waals surface area contributed by atoms with Crippen LogP contribution >= 0.6 is 0 Å². The average molecular weight is 206 g/mol. The quantitative estimate of drug-likeness (QED) is 0.774. The van der Waals surface area contributed by atoms with E-state index in [0.717, 1.165) is 5.56 Å². The topological polar surface area (TPSA) is 83.8 Å². The van der Waals surface area contributed by atoms with E-state index in [1.165, 1.54) is 6.20 Å². The van der Waals surface area contributed by atoms with Crippen molar-refractivity contribution in [2.24, 2.45) is 0 Å². The maximum Gasteiger partial charge on any atom is 0.295 e. The number of carbonyl (C=O) groups is 1. The Balaban J connectivity index is 2.18. The summed E-state index contributed by atoms with van der Waals surface area (Å²) in [6.45, 7) is 3.59. The molecule has 6 nitrogen and oxygen atoms in total. The summed E-state index contributed by atoms with van der Waals surface area (Å²) in [5, 5.41) is 12.6. The number of nitrogens with one attached hydrogen (secondary N) is 2. The molecule has 2 aromatic rings. The summed E-state index contributed by atoms with van der Waals surface area (Å²) >= 11 is 0. The Kier molecular flexibility index (Phi) is 2.24. The van der Waals surface area contributed by atoms with E-state index in [-0.39, 0.29) is 11.7 Å². The number of hydrogen-bond donors (Lipinski definition) is 2. The monoisotopic (exact) mass is 206 g/mol. The Morgan fingerprint density at radius 3 is 2.73 bits per heavy atom. The van der Waals surface area contributed by atoms with E-state index >= 15 is 0 Å². The highest BCUT2D eigenvalue weighted by Gasteiger charge is 2.15. The van der Waals surface area contributed by atoms with Crippen LogP contribution in [0.5, 0.6) is 0 Å². The smallest absolute Gasteiger partial charge is 0.295 e. The Morgan fingerprint density at radius 1 is 1.40 bits per heavy atom. The van der Waals surface area contributed by atoms with Crippen LogP contribution in [0.1, 0.15) is 21.7 Å². The van der Waals surface area contributed by atoms with Gasteiger partial charge < -0.3 is 9.84 Å². The fourth-order valence-corrected chi connectivity index (χ4v) is 1.15. The van der Waals surface area contributed by atoms with Crippen LogP contribution in [-0.4, -0.2) is 21.3 Å². The Morgan fingerprint density at radius 2 is 2.20 bits per heavy atom. The zero-order valence-electron chi connectivity index (χ0n) is 8.37. The minimum Gasteiger partial charge on any atom is -0.351 e. The minimum atomic E-state index is -0.336. The SMILES string of the molecule is Cc1cn[nH]c1NC(=O)c1oncc1C. The molecule has 0 saturated carbocycles. The molecule has 2 N–H and O–H groups in total. The summed E-state index contributed by atoms with van der Waals surface area (Å²) < 4.78 is 4.82. The fourth-order valence-electron chi connectivity index (χ4n) is 1.15. The summed E-state index contributed by atoms with van der Waals surface area (Å²) in [6, 6.07) is 0. The van der Waals surface area contributed by atoms with Crippen molar-refractivity contribution in [1.82, 2.24) is 15.4 Å². The number of rotatable bonds is 2. The second-order valence-corrected chi connectivity index (χ2v) is 3.22. The number of H-pyrrole nitrogens is 1. The molecule has 15 heavy (non-hydrogen) atoms. The predicted molar refractivity (Wildman–Crippen MR) is 52.5 cm³/mol. The molecule has 0 aliphatic carbocycles. The molecule has 0 bridgehead atoms. The van der Waals surface area contributed by atoms with E-state index in [2.05, 4.69) is 20.7 Å². The van der Waals surface area contributed by atoms with Crippen LogP contribution in [-0.2, 0) is 0 Å². The van der Waals surface area contributed by atoms with Gasteiger partial charge in [0.05, 0.1) is 12.4 Å². The predicted octanol–water partition coefficient (Wildman–Crippen LogP) is 1.27. The third kappa shape index (κ3) is 1.74. The van der Waals surface area contributed by atoms with Crippen molar-refractivity contribution in [1.29, 1.82) is 0 Å². The normalized spacial score (nSPS) is 10.3. The molecule has 0 unspecified atom stereocenters. The van der Waals surface area contributed by atoms with Crippen LogP contribution < -0.4 is 5.32 Å². The van der Waals surface area contributed by atoms with Crippen LogP contribution in [0, 0.1) is 13.8 Å². The first kappa shape index (κ1) is 9.45. The lowest BCUT2D eigenvalue weighted by Crippen LogP contribution is -2.13. The highest BCUT2D eigenvalue weighted by atomic mass is 16.5. The van der Waals surface area contributed by atoms with Gasteiger partial charge in [-0.25, -0.2) is 0 Å². The first-order chi connectivity index (χ1) is 7.18. The zero-order valence-corrected chi connectivity index (χ0v) is 8.37. The third-order valence-electron chi connectivity index (χ3n) is 2.02. The maximum atomic E-state index is 11.7. The lowest BCUT2D eigenvalue weighted by Gasteiger charge is -2.00. The first-order valence-corrected chi connectivity index (χ1v) is 4.41. The summed E-state index contributed by atoms with van der Waals surface area (Å²) in [4.78, 5) is 11.7. The van der Waals surface area contributed by atoms with Gasteiger partial charge in [-0.2, -0.15) is 5.10 Å². The van der Waals surface area contributed by atoms with Gasteiger partial charge in [-0.1, -0.05) is 5.16 Å². The van der Waals surface area contributed by atoms with Crippen molar-refractivity contribution in [2.45, 2.75) is 13.8 Å². The molecular formula is C9H10N4O2. The van der Waals surface area contributed by atoms with Gasteiger partial charge in [-0.15, -0.1) is 0 Å². The number of aromatic amines is 1. The van der Waals surface area contributed by atoms with Gasteiger partial charge >= 0.3 is 0 Å². The third-order valence-corrected chi connectivity index (χ3v) is 2.02. The van der Waals surface area contributed by atoms with Crippen molar-refractivity contribution in [3.05, 3.63) is 29.3 Å². The van der Waals surface area contributed by atoms with Crippen molar-refractivity contribution in [3.8, 4) is 0 Å². The van der Waals surface area contributed by atoms with Gasteiger partial charge in [0.15, 0.2) is 0 Å². The highest BCUT2D eigenvalue weighted by molar-refractivity contribution is 6.02. The lowest BCUT2D eigenvalue weighted by atomic mass is 10.3. The number of carbonyl (C=O) groups excluding carboxylic acids is 1. The molecule has 0 spiro atoms. The molecule has 6 heteroatoms. The molecule has 78 valence electrons. The molecule has 0 saturated heterocycles. The second-order valence-electron chi connectivity index (χ2n) is 3.22. The van der Waals surface area contributed by atoms with Gasteiger partial charge in [-0.05, 0) is 13.8 Å². The van der Waals surface area contributed by atoms with Crippen LogP contribution in [0.4, 0.5) is 5.82 Å². The van der Waals surface area contributed by atoms with Crippen molar-refractivity contribution in [2.75, 3.05) is 5.32 Å². The zero-order chi connectivity index (χ0) is 10.8. The van der Waals surface area contributed by atoms with Crippen LogP contribution in [0.25, 0.3) is 0 Å². The number of nitrogens with zero attached hydrogens (tertiary/aromatic N) is 2. The number of amides is 1. The second kappa shape index (κ2) is 3.56. The molecule has 0 aliphatic heterocycles. The van der Waals surface area contributed by atoms with Crippen LogP contribution in [0.3, 0.4) is 0 Å². The van der Waals surface area contributed by atoms with E-state index in [9.17, 15) is 4.79 Å². The van der Waals surface area contributed by atoms with Gasteiger partial charge in [0.2, 0.25) is 5.76 Å². The summed E-state index contributed by atoms with van der Waals surface area (Å²) in [5.74, 6) is 0.442. The van der Waals surface area contributed by atoms with Gasteiger partial charge in [0, 0.05) is 11.1 Å². The lowest BCUT2D eigenvalue weighted by molar-refractivity contribution is 0.0986. The molecule has 1 amide bonds. The standard InChI is InChI=1S/C9H10N4O2/c1-5-4-11-15-7(5)9(14)12-8-6(2)3-10-13-8/h3-4H,1-2H3,(H2,10,12,13,14). The molecule has 2 rings (SSSR count). The molecule has 0 fully saturated rings. The van der Waals surface area contributed by atoms with Crippen molar-refractivity contribution in [3.63, 3.8) is 0 Å². The number of anilines is 1. The van der Waals surface area contributed by atoms with E-state index in [0.29, 0.717) is 11.4 Å². The Labute approximate surface area is 85.7 Å². The van der Waals surface area contributed by atoms with Crippen LogP contribution in [0.2, 0.25) is 0 Å². The number of hydrogen-bond acceptors (Lipinski definition) is 4. The number of aryl methyl sites for hydroxylation is 2. The van der Waals surface area contributed by atoms with Crippen molar-refractivity contribution >= 4 is 11.7 Å². The average Bonchev–Trinajstić information content (AvgIpc) is 2.76. The highest BCUT2D eigenvalue weighted by Crippen LogP contribution is 2.12. The molecule has 2 aromatic heterocycles. The van der Waals surface area contributed by atoms with Crippen LogP contribution in [0.15, 0.2) is 16.9 Å². The molecule has 0 aliphatic rings.